The molecule has 0 aromatic rings. The lowest BCUT2D eigenvalue weighted by molar-refractivity contribution is -0.133. The van der Waals surface area contributed by atoms with Crippen molar-refractivity contribution in [2.45, 2.75) is 45.4 Å². The summed E-state index contributed by atoms with van der Waals surface area (Å²) < 4.78 is 0. The molecule has 0 saturated heterocycles. The van der Waals surface area contributed by atoms with Crippen LogP contribution in [0.4, 0.5) is 0 Å². The molecule has 1 rings (SSSR count). The van der Waals surface area contributed by atoms with Crippen LogP contribution in [0.3, 0.4) is 0 Å². The Hall–Kier alpha value is -0.280. The largest absolute Gasteiger partial charge is 0.345 e. The van der Waals surface area contributed by atoms with Crippen molar-refractivity contribution in [3.63, 3.8) is 0 Å². The molecule has 0 heterocycles. The average Bonchev–Trinajstić information content (AvgIpc) is 2.36. The lowest BCUT2D eigenvalue weighted by Crippen LogP contribution is -2.37. The van der Waals surface area contributed by atoms with E-state index >= 15 is 0 Å². The number of amides is 1. The molecule has 1 aliphatic rings. The van der Waals surface area contributed by atoms with Gasteiger partial charge in [0.2, 0.25) is 5.91 Å². The molecule has 3 nitrogen and oxygen atoms in total. The van der Waals surface area contributed by atoms with E-state index in [9.17, 15) is 4.79 Å². The first-order valence-electron chi connectivity index (χ1n) is 7.04. The van der Waals surface area contributed by atoms with Gasteiger partial charge in [-0.1, -0.05) is 39.0 Å². The third-order valence-corrected chi connectivity index (χ3v) is 3.91. The molecule has 0 spiro atoms. The zero-order chi connectivity index (χ0) is 12.7. The van der Waals surface area contributed by atoms with Crippen LogP contribution in [-0.2, 0) is 4.79 Å². The number of halogens is 1. The van der Waals surface area contributed by atoms with Crippen molar-refractivity contribution in [2.24, 2.45) is 11.8 Å². The van der Waals surface area contributed by atoms with Crippen molar-refractivity contribution in [3.8, 4) is 0 Å². The normalized spacial score (nSPS) is 17.9. The molecular formula is C14H29ClN2O. The predicted molar refractivity (Wildman–Crippen MR) is 79.2 cm³/mol. The number of nitrogens with zero attached hydrogens (tertiary/aromatic N) is 1. The molecule has 1 fully saturated rings. The molecule has 0 radical (unpaired) electrons. The summed E-state index contributed by atoms with van der Waals surface area (Å²) in [6, 6.07) is 0. The summed E-state index contributed by atoms with van der Waals surface area (Å²) in [6.07, 6.45) is 8.11. The average molecular weight is 277 g/mol. The maximum absolute atomic E-state index is 12.0. The Kier molecular flexibility index (Phi) is 9.47. The fraction of sp³-hybridized carbons (Fsp3) is 0.929. The van der Waals surface area contributed by atoms with E-state index in [1.54, 1.807) is 0 Å². The highest BCUT2D eigenvalue weighted by Gasteiger charge is 2.19. The lowest BCUT2D eigenvalue weighted by atomic mass is 9.87. The van der Waals surface area contributed by atoms with Crippen LogP contribution in [0.25, 0.3) is 0 Å². The van der Waals surface area contributed by atoms with Crippen molar-refractivity contribution in [1.29, 1.82) is 0 Å². The van der Waals surface area contributed by atoms with Gasteiger partial charge < -0.3 is 10.2 Å². The summed E-state index contributed by atoms with van der Waals surface area (Å²) in [5.74, 6) is 1.23. The van der Waals surface area contributed by atoms with E-state index in [1.165, 1.54) is 38.5 Å². The molecule has 108 valence electrons. The molecule has 0 bridgehead atoms. The monoisotopic (exact) mass is 276 g/mol. The summed E-state index contributed by atoms with van der Waals surface area (Å²) in [7, 11) is 3.84. The molecule has 1 aliphatic carbocycles. The van der Waals surface area contributed by atoms with Gasteiger partial charge in [-0.15, -0.1) is 12.4 Å². The second-order valence-electron chi connectivity index (χ2n) is 5.51. The van der Waals surface area contributed by atoms with Crippen molar-refractivity contribution in [3.05, 3.63) is 0 Å². The van der Waals surface area contributed by atoms with Crippen LogP contribution in [0.15, 0.2) is 0 Å². The fourth-order valence-corrected chi connectivity index (χ4v) is 2.73. The lowest BCUT2D eigenvalue weighted by Gasteiger charge is -2.26. The Morgan fingerprint density at radius 3 is 2.50 bits per heavy atom. The second-order valence-corrected chi connectivity index (χ2v) is 5.51. The summed E-state index contributed by atoms with van der Waals surface area (Å²) in [6.45, 7) is 3.69. The number of nitrogens with one attached hydrogen (secondary N) is 1. The van der Waals surface area contributed by atoms with Crippen LogP contribution in [0.1, 0.15) is 45.4 Å². The maximum Gasteiger partial charge on any atom is 0.226 e. The Bertz CT molecular complexity index is 230. The second kappa shape index (κ2) is 9.62. The predicted octanol–water partition coefficient (Wildman–Crippen LogP) is 2.69. The molecule has 0 aliphatic heterocycles. The third-order valence-electron chi connectivity index (χ3n) is 3.91. The van der Waals surface area contributed by atoms with Crippen molar-refractivity contribution in [2.75, 3.05) is 27.2 Å². The third kappa shape index (κ3) is 6.05. The highest BCUT2D eigenvalue weighted by atomic mass is 35.5. The molecule has 0 aromatic carbocycles. The topological polar surface area (TPSA) is 32.3 Å². The summed E-state index contributed by atoms with van der Waals surface area (Å²) in [4.78, 5) is 13.9. The number of rotatable bonds is 6. The van der Waals surface area contributed by atoms with E-state index in [2.05, 4.69) is 5.32 Å². The van der Waals surface area contributed by atoms with Gasteiger partial charge in [-0.05, 0) is 19.4 Å². The smallest absolute Gasteiger partial charge is 0.226 e. The van der Waals surface area contributed by atoms with Gasteiger partial charge in [0, 0.05) is 26.1 Å². The van der Waals surface area contributed by atoms with Crippen LogP contribution < -0.4 is 5.32 Å². The highest BCUT2D eigenvalue weighted by Crippen LogP contribution is 2.26. The molecule has 1 saturated carbocycles. The van der Waals surface area contributed by atoms with E-state index in [0.717, 1.165) is 19.0 Å². The van der Waals surface area contributed by atoms with Gasteiger partial charge in [0.1, 0.15) is 0 Å². The molecule has 1 unspecified atom stereocenters. The standard InChI is InChI=1S/C14H28N2O.ClH/c1-12(11-15-2)14(17)16(3)10-9-13-7-5-4-6-8-13;/h12-13,15H,4-11H2,1-3H3;1H. The van der Waals surface area contributed by atoms with Crippen LogP contribution in [0.5, 0.6) is 0 Å². The Morgan fingerprint density at radius 1 is 1.33 bits per heavy atom. The summed E-state index contributed by atoms with van der Waals surface area (Å²) in [5, 5.41) is 3.06. The zero-order valence-electron chi connectivity index (χ0n) is 12.1. The zero-order valence-corrected chi connectivity index (χ0v) is 12.9. The van der Waals surface area contributed by atoms with E-state index in [0.29, 0.717) is 0 Å². The van der Waals surface area contributed by atoms with E-state index < -0.39 is 0 Å². The summed E-state index contributed by atoms with van der Waals surface area (Å²) >= 11 is 0. The van der Waals surface area contributed by atoms with Crippen LogP contribution in [0.2, 0.25) is 0 Å². The first-order valence-corrected chi connectivity index (χ1v) is 7.04. The van der Waals surface area contributed by atoms with Gasteiger partial charge in [0.25, 0.3) is 0 Å². The molecule has 0 aromatic heterocycles. The van der Waals surface area contributed by atoms with Crippen LogP contribution in [0, 0.1) is 11.8 Å². The molecule has 1 N–H and O–H groups in total. The van der Waals surface area contributed by atoms with Crippen molar-refractivity contribution < 1.29 is 4.79 Å². The minimum absolute atomic E-state index is 0. The Morgan fingerprint density at radius 2 is 1.94 bits per heavy atom. The molecular weight excluding hydrogens is 248 g/mol. The van der Waals surface area contributed by atoms with Crippen molar-refractivity contribution >= 4 is 18.3 Å². The number of carbonyl (C=O) groups excluding carboxylic acids is 1. The van der Waals surface area contributed by atoms with Gasteiger partial charge >= 0.3 is 0 Å². The first kappa shape index (κ1) is 17.7. The molecule has 4 heteroatoms. The minimum atomic E-state index is 0. The number of hydrogen-bond acceptors (Lipinski definition) is 2. The SMILES string of the molecule is CNCC(C)C(=O)N(C)CCC1CCCCC1.Cl. The molecule has 18 heavy (non-hydrogen) atoms. The van der Waals surface area contributed by atoms with Gasteiger partial charge in [-0.25, -0.2) is 0 Å². The minimum Gasteiger partial charge on any atom is -0.345 e. The Labute approximate surface area is 118 Å². The van der Waals surface area contributed by atoms with Gasteiger partial charge in [-0.3, -0.25) is 4.79 Å². The van der Waals surface area contributed by atoms with E-state index in [1.807, 2.05) is 25.9 Å². The Balaban J connectivity index is 0.00000289. The fourth-order valence-electron chi connectivity index (χ4n) is 2.73. The quantitative estimate of drug-likeness (QED) is 0.809. The molecule has 1 atom stereocenters. The van der Waals surface area contributed by atoms with Crippen LogP contribution >= 0.6 is 12.4 Å². The maximum atomic E-state index is 12.0. The number of carbonyl (C=O) groups is 1. The van der Waals surface area contributed by atoms with Gasteiger partial charge in [0.05, 0.1) is 0 Å². The van der Waals surface area contributed by atoms with Crippen molar-refractivity contribution in [1.82, 2.24) is 10.2 Å². The number of hydrogen-bond donors (Lipinski definition) is 1. The molecule has 1 amide bonds. The van der Waals surface area contributed by atoms with Gasteiger partial charge in [-0.2, -0.15) is 0 Å². The van der Waals surface area contributed by atoms with E-state index in [-0.39, 0.29) is 24.2 Å². The van der Waals surface area contributed by atoms with Crippen LogP contribution in [-0.4, -0.2) is 38.0 Å². The highest BCUT2D eigenvalue weighted by molar-refractivity contribution is 5.85. The summed E-state index contributed by atoms with van der Waals surface area (Å²) in [5.41, 5.74) is 0. The van der Waals surface area contributed by atoms with E-state index in [4.69, 9.17) is 0 Å². The first-order chi connectivity index (χ1) is 8.15. The van der Waals surface area contributed by atoms with Gasteiger partial charge in [0.15, 0.2) is 0 Å².